The average molecular weight is 375 g/mol. The van der Waals surface area contributed by atoms with E-state index in [2.05, 4.69) is 20.3 Å². The van der Waals surface area contributed by atoms with E-state index in [1.807, 2.05) is 19.2 Å². The summed E-state index contributed by atoms with van der Waals surface area (Å²) in [5, 5.41) is 11.6. The van der Waals surface area contributed by atoms with Crippen LogP contribution in [0.1, 0.15) is 18.0 Å². The molecule has 0 radical (unpaired) electrons. The van der Waals surface area contributed by atoms with Gasteiger partial charge in [-0.2, -0.15) is 13.9 Å². The van der Waals surface area contributed by atoms with Gasteiger partial charge in [0, 0.05) is 13.2 Å². The number of ether oxygens (including phenoxy) is 1. The molecule has 7 nitrogen and oxygen atoms in total. The van der Waals surface area contributed by atoms with Crippen LogP contribution in [0.5, 0.6) is 5.75 Å². The molecule has 0 spiro atoms. The lowest BCUT2D eigenvalue weighted by molar-refractivity contribution is 0.116. The van der Waals surface area contributed by atoms with Gasteiger partial charge in [0.15, 0.2) is 0 Å². The van der Waals surface area contributed by atoms with Gasteiger partial charge in [-0.05, 0) is 18.2 Å². The first-order valence-electron chi connectivity index (χ1n) is 7.83. The molecule has 0 saturated carbocycles. The zero-order chi connectivity index (χ0) is 19.0. The number of hydrogen-bond acceptors (Lipinski definition) is 6. The third-order valence-corrected chi connectivity index (χ3v) is 3.91. The van der Waals surface area contributed by atoms with Crippen molar-refractivity contribution in [3.05, 3.63) is 54.1 Å². The zero-order valence-corrected chi connectivity index (χ0v) is 13.9. The Labute approximate surface area is 150 Å². The number of rotatable bonds is 5. The van der Waals surface area contributed by atoms with E-state index in [4.69, 9.17) is 9.15 Å². The van der Waals surface area contributed by atoms with Gasteiger partial charge >= 0.3 is 6.43 Å². The minimum Gasteiger partial charge on any atom is -0.486 e. The van der Waals surface area contributed by atoms with E-state index in [9.17, 15) is 13.2 Å². The van der Waals surface area contributed by atoms with Crippen LogP contribution in [0, 0.1) is 5.82 Å². The minimum absolute atomic E-state index is 0.0493. The van der Waals surface area contributed by atoms with Crippen molar-refractivity contribution in [2.75, 3.05) is 0 Å². The maximum Gasteiger partial charge on any atom is 0.314 e. The van der Waals surface area contributed by atoms with Crippen LogP contribution in [0.2, 0.25) is 0 Å². The maximum atomic E-state index is 14.3. The number of aromatic nitrogens is 5. The highest BCUT2D eigenvalue weighted by Gasteiger charge is 2.18. The Balaban J connectivity index is 1.54. The Hall–Kier alpha value is -3.43. The first kappa shape index (κ1) is 17.0. The van der Waals surface area contributed by atoms with Crippen LogP contribution in [0.25, 0.3) is 22.4 Å². The molecular formula is C17H12F3N5O2. The van der Waals surface area contributed by atoms with Crippen LogP contribution in [-0.2, 0) is 13.7 Å². The van der Waals surface area contributed by atoms with E-state index >= 15 is 0 Å². The monoisotopic (exact) mass is 375 g/mol. The largest absolute Gasteiger partial charge is 0.486 e. The minimum atomic E-state index is -2.90. The maximum absolute atomic E-state index is 14.3. The second-order valence-corrected chi connectivity index (χ2v) is 5.64. The van der Waals surface area contributed by atoms with Gasteiger partial charge in [0.1, 0.15) is 23.9 Å². The summed E-state index contributed by atoms with van der Waals surface area (Å²) < 4.78 is 51.5. The summed E-state index contributed by atoms with van der Waals surface area (Å²) in [4.78, 5) is 3.97. The molecule has 4 rings (SSSR count). The molecule has 1 aromatic carbocycles. The highest BCUT2D eigenvalue weighted by Crippen LogP contribution is 2.27. The van der Waals surface area contributed by atoms with Crippen molar-refractivity contribution in [1.82, 2.24) is 25.0 Å². The number of pyridine rings is 1. The highest BCUT2D eigenvalue weighted by molar-refractivity contribution is 5.85. The van der Waals surface area contributed by atoms with Crippen molar-refractivity contribution >= 4 is 10.9 Å². The third kappa shape index (κ3) is 3.21. The fourth-order valence-electron chi connectivity index (χ4n) is 2.55. The molecule has 0 N–H and O–H groups in total. The van der Waals surface area contributed by atoms with Crippen molar-refractivity contribution in [3.63, 3.8) is 0 Å². The molecule has 3 aromatic heterocycles. The number of benzene rings is 1. The molecule has 0 aliphatic carbocycles. The van der Waals surface area contributed by atoms with E-state index in [0.717, 1.165) is 17.0 Å². The first-order chi connectivity index (χ1) is 13.0. The molecule has 0 bridgehead atoms. The van der Waals surface area contributed by atoms with E-state index in [0.29, 0.717) is 5.75 Å². The molecule has 27 heavy (non-hydrogen) atoms. The molecule has 0 amide bonds. The van der Waals surface area contributed by atoms with Gasteiger partial charge in [0.05, 0.1) is 22.7 Å². The van der Waals surface area contributed by atoms with Crippen LogP contribution in [-0.4, -0.2) is 25.0 Å². The van der Waals surface area contributed by atoms with Gasteiger partial charge in [-0.3, -0.25) is 9.67 Å². The van der Waals surface area contributed by atoms with Crippen molar-refractivity contribution < 1.29 is 22.3 Å². The van der Waals surface area contributed by atoms with E-state index in [1.54, 1.807) is 16.9 Å². The van der Waals surface area contributed by atoms with Gasteiger partial charge in [0.25, 0.3) is 5.89 Å². The number of hydrogen-bond donors (Lipinski definition) is 0. The molecule has 4 aromatic rings. The normalized spacial score (nSPS) is 11.4. The van der Waals surface area contributed by atoms with Gasteiger partial charge in [-0.15, -0.1) is 10.2 Å². The van der Waals surface area contributed by atoms with Gasteiger partial charge in [0.2, 0.25) is 5.89 Å². The SMILES string of the molecule is Cn1ncc2c(OCc3ncc(-c4nnc(C(F)F)o4)cc3F)cccc21. The lowest BCUT2D eigenvalue weighted by Crippen LogP contribution is -2.02. The molecule has 0 saturated heterocycles. The van der Waals surface area contributed by atoms with Crippen molar-refractivity contribution in [3.8, 4) is 17.2 Å². The van der Waals surface area contributed by atoms with Crippen molar-refractivity contribution in [2.24, 2.45) is 7.05 Å². The van der Waals surface area contributed by atoms with Crippen molar-refractivity contribution in [2.45, 2.75) is 13.0 Å². The summed E-state index contributed by atoms with van der Waals surface area (Å²) in [5.41, 5.74) is 1.03. The number of aryl methyl sites for hydroxylation is 1. The molecule has 138 valence electrons. The van der Waals surface area contributed by atoms with Gasteiger partial charge < -0.3 is 9.15 Å². The molecule has 0 fully saturated rings. The number of nitrogens with zero attached hydrogens (tertiary/aromatic N) is 5. The van der Waals surface area contributed by atoms with Crippen LogP contribution in [0.3, 0.4) is 0 Å². The third-order valence-electron chi connectivity index (χ3n) is 3.91. The van der Waals surface area contributed by atoms with Crippen LogP contribution in [0.15, 0.2) is 41.1 Å². The average Bonchev–Trinajstić information content (AvgIpc) is 3.29. The van der Waals surface area contributed by atoms with Gasteiger partial charge in [-0.25, -0.2) is 4.39 Å². The Bertz CT molecular complexity index is 1110. The molecule has 0 aliphatic heterocycles. The predicted octanol–water partition coefficient (Wildman–Crippen LogP) is 3.67. The standard InChI is InChI=1S/C17H12F3N5O2/c1-25-13-3-2-4-14(10(13)7-22-25)26-8-12-11(18)5-9(6-21-12)16-23-24-17(27-16)15(19)20/h2-7,15H,8H2,1H3. The number of fused-ring (bicyclic) bond motifs is 1. The smallest absolute Gasteiger partial charge is 0.314 e. The second kappa shape index (κ2) is 6.71. The Morgan fingerprint density at radius 1 is 1.22 bits per heavy atom. The fraction of sp³-hybridized carbons (Fsp3) is 0.176. The van der Waals surface area contributed by atoms with Crippen LogP contribution < -0.4 is 4.74 Å². The fourth-order valence-corrected chi connectivity index (χ4v) is 2.55. The Morgan fingerprint density at radius 3 is 2.81 bits per heavy atom. The Morgan fingerprint density at radius 2 is 2.07 bits per heavy atom. The molecule has 0 aliphatic rings. The zero-order valence-electron chi connectivity index (χ0n) is 13.9. The predicted molar refractivity (Wildman–Crippen MR) is 87.5 cm³/mol. The van der Waals surface area contributed by atoms with Crippen LogP contribution in [0.4, 0.5) is 13.2 Å². The Kier molecular flexibility index (Phi) is 4.22. The van der Waals surface area contributed by atoms with Crippen LogP contribution >= 0.6 is 0 Å². The van der Waals surface area contributed by atoms with E-state index in [-0.39, 0.29) is 23.8 Å². The lowest BCUT2D eigenvalue weighted by Gasteiger charge is -2.08. The summed E-state index contributed by atoms with van der Waals surface area (Å²) in [5.74, 6) is -1.20. The number of alkyl halides is 2. The topological polar surface area (TPSA) is 78.9 Å². The summed E-state index contributed by atoms with van der Waals surface area (Å²) >= 11 is 0. The summed E-state index contributed by atoms with van der Waals surface area (Å²) in [7, 11) is 1.81. The first-order valence-corrected chi connectivity index (χ1v) is 7.83. The van der Waals surface area contributed by atoms with E-state index < -0.39 is 18.1 Å². The highest BCUT2D eigenvalue weighted by atomic mass is 19.3. The van der Waals surface area contributed by atoms with Crippen molar-refractivity contribution in [1.29, 1.82) is 0 Å². The lowest BCUT2D eigenvalue weighted by atomic mass is 10.2. The van der Waals surface area contributed by atoms with E-state index in [1.165, 1.54) is 6.20 Å². The molecule has 0 atom stereocenters. The molecule has 10 heteroatoms. The quantitative estimate of drug-likeness (QED) is 0.530. The molecular weight excluding hydrogens is 363 g/mol. The summed E-state index contributed by atoms with van der Waals surface area (Å²) in [6, 6.07) is 6.53. The second-order valence-electron chi connectivity index (χ2n) is 5.64. The summed E-state index contributed by atoms with van der Waals surface area (Å²) in [6.07, 6.45) is 0.0232. The molecule has 3 heterocycles. The number of halogens is 3. The van der Waals surface area contributed by atoms with Gasteiger partial charge in [-0.1, -0.05) is 6.07 Å². The molecule has 0 unspecified atom stereocenters. The summed E-state index contributed by atoms with van der Waals surface area (Å²) in [6.45, 7) is -0.119.